The van der Waals surface area contributed by atoms with Gasteiger partial charge in [-0.25, -0.2) is 0 Å². The van der Waals surface area contributed by atoms with E-state index < -0.39 is 5.60 Å². The first-order valence-electron chi connectivity index (χ1n) is 6.34. The van der Waals surface area contributed by atoms with Crippen molar-refractivity contribution in [2.24, 2.45) is 5.73 Å². The Balaban J connectivity index is 2.25. The number of hydrogen-bond donors (Lipinski definition) is 2. The van der Waals surface area contributed by atoms with Crippen LogP contribution in [0.25, 0.3) is 0 Å². The Kier molecular flexibility index (Phi) is 5.69. The minimum absolute atomic E-state index is 0.324. The average molecular weight is 230 g/mol. The second-order valence-electron chi connectivity index (χ2n) is 4.98. The molecule has 0 aliphatic carbocycles. The Morgan fingerprint density at radius 3 is 2.81 bits per heavy atom. The van der Waals surface area contributed by atoms with Crippen LogP contribution in [0.5, 0.6) is 0 Å². The molecule has 96 valence electrons. The molecule has 2 unspecified atom stereocenters. The van der Waals surface area contributed by atoms with Crippen molar-refractivity contribution in [2.45, 2.75) is 44.8 Å². The van der Waals surface area contributed by atoms with Crippen LogP contribution in [0.15, 0.2) is 0 Å². The molecular weight excluding hydrogens is 204 g/mol. The Labute approximate surface area is 98.8 Å². The fourth-order valence-electron chi connectivity index (χ4n) is 1.96. The maximum Gasteiger partial charge on any atom is 0.0753 e. The zero-order valence-electron chi connectivity index (χ0n) is 10.6. The molecule has 0 aromatic carbocycles. The largest absolute Gasteiger partial charge is 0.389 e. The van der Waals surface area contributed by atoms with Crippen LogP contribution in [0.4, 0.5) is 0 Å². The molecule has 1 fully saturated rings. The summed E-state index contributed by atoms with van der Waals surface area (Å²) in [6.45, 7) is 8.05. The first-order valence-corrected chi connectivity index (χ1v) is 6.34. The second-order valence-corrected chi connectivity index (χ2v) is 4.98. The van der Waals surface area contributed by atoms with Gasteiger partial charge >= 0.3 is 0 Å². The third-order valence-electron chi connectivity index (χ3n) is 3.34. The maximum absolute atomic E-state index is 9.85. The smallest absolute Gasteiger partial charge is 0.0753 e. The van der Waals surface area contributed by atoms with Crippen LogP contribution in [-0.4, -0.2) is 54.5 Å². The van der Waals surface area contributed by atoms with Gasteiger partial charge in [-0.15, -0.1) is 0 Å². The highest BCUT2D eigenvalue weighted by Crippen LogP contribution is 2.14. The van der Waals surface area contributed by atoms with E-state index in [1.54, 1.807) is 6.92 Å². The second kappa shape index (κ2) is 6.55. The summed E-state index contributed by atoms with van der Waals surface area (Å²) >= 11 is 0. The lowest BCUT2D eigenvalue weighted by atomic mass is 10.0. The van der Waals surface area contributed by atoms with Crippen molar-refractivity contribution in [2.75, 3.05) is 32.8 Å². The number of hydrogen-bond acceptors (Lipinski definition) is 4. The fourth-order valence-corrected chi connectivity index (χ4v) is 1.96. The highest BCUT2D eigenvalue weighted by molar-refractivity contribution is 4.77. The molecule has 3 N–H and O–H groups in total. The van der Waals surface area contributed by atoms with Crippen molar-refractivity contribution in [3.63, 3.8) is 0 Å². The lowest BCUT2D eigenvalue weighted by Gasteiger charge is -2.28. The van der Waals surface area contributed by atoms with Crippen molar-refractivity contribution < 1.29 is 9.84 Å². The number of likely N-dealkylation sites (N-methyl/N-ethyl adjacent to an activating group) is 1. The molecule has 1 aliphatic rings. The molecule has 1 rings (SSSR count). The van der Waals surface area contributed by atoms with E-state index in [-0.39, 0.29) is 0 Å². The molecule has 0 amide bonds. The average Bonchev–Trinajstić information content (AvgIpc) is 2.77. The minimum atomic E-state index is -0.732. The predicted molar refractivity (Wildman–Crippen MR) is 65.4 cm³/mol. The van der Waals surface area contributed by atoms with E-state index in [4.69, 9.17) is 10.5 Å². The van der Waals surface area contributed by atoms with Gasteiger partial charge in [0.1, 0.15) is 0 Å². The Hall–Kier alpha value is -0.160. The number of nitrogens with zero attached hydrogens (tertiary/aromatic N) is 1. The zero-order valence-corrected chi connectivity index (χ0v) is 10.6. The van der Waals surface area contributed by atoms with Gasteiger partial charge in [-0.1, -0.05) is 6.92 Å². The van der Waals surface area contributed by atoms with Crippen LogP contribution in [0, 0.1) is 0 Å². The molecule has 2 atom stereocenters. The molecule has 1 heterocycles. The molecule has 0 aromatic rings. The summed E-state index contributed by atoms with van der Waals surface area (Å²) in [6.07, 6.45) is 3.47. The lowest BCUT2D eigenvalue weighted by molar-refractivity contribution is 0.0343. The monoisotopic (exact) mass is 230 g/mol. The highest BCUT2D eigenvalue weighted by Gasteiger charge is 2.22. The molecule has 0 bridgehead atoms. The van der Waals surface area contributed by atoms with Gasteiger partial charge < -0.3 is 20.5 Å². The van der Waals surface area contributed by atoms with E-state index >= 15 is 0 Å². The van der Waals surface area contributed by atoms with Gasteiger partial charge in [-0.3, -0.25) is 0 Å². The zero-order chi connectivity index (χ0) is 12.0. The summed E-state index contributed by atoms with van der Waals surface area (Å²) in [4.78, 5) is 2.33. The first-order chi connectivity index (χ1) is 7.57. The topological polar surface area (TPSA) is 58.7 Å². The van der Waals surface area contributed by atoms with Crippen LogP contribution in [-0.2, 0) is 4.74 Å². The Morgan fingerprint density at radius 1 is 1.56 bits per heavy atom. The summed E-state index contributed by atoms with van der Waals surface area (Å²) in [5.74, 6) is 0. The molecule has 0 saturated carbocycles. The third kappa shape index (κ3) is 4.78. The summed E-state index contributed by atoms with van der Waals surface area (Å²) in [5.41, 5.74) is 4.77. The van der Waals surface area contributed by atoms with Crippen LogP contribution in [0.2, 0.25) is 0 Å². The van der Waals surface area contributed by atoms with E-state index in [0.717, 1.165) is 32.7 Å². The van der Waals surface area contributed by atoms with Gasteiger partial charge in [0.05, 0.1) is 11.7 Å². The normalized spacial score (nSPS) is 24.9. The van der Waals surface area contributed by atoms with Crippen LogP contribution in [0.3, 0.4) is 0 Å². The molecule has 1 saturated heterocycles. The van der Waals surface area contributed by atoms with E-state index in [0.29, 0.717) is 12.6 Å². The van der Waals surface area contributed by atoms with Gasteiger partial charge in [-0.2, -0.15) is 0 Å². The standard InChI is InChI=1S/C12H26N2O2/c1-3-14(7-6-12(2,15)10-13)9-11-5-4-8-16-11/h11,15H,3-10,13H2,1-2H3. The van der Waals surface area contributed by atoms with Crippen molar-refractivity contribution in [3.8, 4) is 0 Å². The van der Waals surface area contributed by atoms with Crippen LogP contribution in [0.1, 0.15) is 33.1 Å². The number of rotatable bonds is 7. The Morgan fingerprint density at radius 2 is 2.31 bits per heavy atom. The minimum Gasteiger partial charge on any atom is -0.389 e. The van der Waals surface area contributed by atoms with Gasteiger partial charge in [0.15, 0.2) is 0 Å². The molecule has 4 heteroatoms. The molecular formula is C12H26N2O2. The lowest BCUT2D eigenvalue weighted by Crippen LogP contribution is -2.40. The summed E-state index contributed by atoms with van der Waals surface area (Å²) in [6, 6.07) is 0. The molecule has 4 nitrogen and oxygen atoms in total. The summed E-state index contributed by atoms with van der Waals surface area (Å²) in [5, 5.41) is 9.85. The summed E-state index contributed by atoms with van der Waals surface area (Å²) in [7, 11) is 0. The van der Waals surface area contributed by atoms with E-state index in [1.165, 1.54) is 12.8 Å². The summed E-state index contributed by atoms with van der Waals surface area (Å²) < 4.78 is 5.61. The number of nitrogens with two attached hydrogens (primary N) is 1. The van der Waals surface area contributed by atoms with Crippen molar-refractivity contribution in [1.82, 2.24) is 4.90 Å². The third-order valence-corrected chi connectivity index (χ3v) is 3.34. The van der Waals surface area contributed by atoms with Gasteiger partial charge in [0, 0.05) is 26.2 Å². The quantitative estimate of drug-likeness (QED) is 0.672. The van der Waals surface area contributed by atoms with E-state index in [9.17, 15) is 5.11 Å². The number of aliphatic hydroxyl groups is 1. The Bertz CT molecular complexity index is 191. The van der Waals surface area contributed by atoms with Crippen LogP contribution < -0.4 is 5.73 Å². The molecule has 0 spiro atoms. The van der Waals surface area contributed by atoms with E-state index in [2.05, 4.69) is 11.8 Å². The first kappa shape index (κ1) is 13.9. The maximum atomic E-state index is 9.85. The highest BCUT2D eigenvalue weighted by atomic mass is 16.5. The molecule has 0 radical (unpaired) electrons. The van der Waals surface area contributed by atoms with Gasteiger partial charge in [0.2, 0.25) is 0 Å². The van der Waals surface area contributed by atoms with E-state index in [1.807, 2.05) is 0 Å². The van der Waals surface area contributed by atoms with Crippen molar-refractivity contribution in [1.29, 1.82) is 0 Å². The molecule has 1 aliphatic heterocycles. The van der Waals surface area contributed by atoms with Crippen molar-refractivity contribution >= 4 is 0 Å². The van der Waals surface area contributed by atoms with Crippen LogP contribution >= 0.6 is 0 Å². The SMILES string of the molecule is CCN(CCC(C)(O)CN)CC1CCCO1. The van der Waals surface area contributed by atoms with Crippen molar-refractivity contribution in [3.05, 3.63) is 0 Å². The molecule has 0 aromatic heterocycles. The van der Waals surface area contributed by atoms with Gasteiger partial charge in [0.25, 0.3) is 0 Å². The fraction of sp³-hybridized carbons (Fsp3) is 1.00. The predicted octanol–water partition coefficient (Wildman–Crippen LogP) is 0.587. The van der Waals surface area contributed by atoms with Gasteiger partial charge in [-0.05, 0) is 32.7 Å². The number of ether oxygens (including phenoxy) is 1. The molecule has 16 heavy (non-hydrogen) atoms.